The molecule has 0 aliphatic carbocycles. The molecular weight excluding hydrogens is 360 g/mol. The van der Waals surface area contributed by atoms with E-state index >= 15 is 0 Å². The number of amides is 1. The van der Waals surface area contributed by atoms with Gasteiger partial charge in [0.15, 0.2) is 11.5 Å². The van der Waals surface area contributed by atoms with E-state index in [1.807, 2.05) is 12.1 Å². The molecule has 148 valence electrons. The lowest BCUT2D eigenvalue weighted by Crippen LogP contribution is -2.07. The number of nitrogens with zero attached hydrogens (tertiary/aromatic N) is 1. The fourth-order valence-corrected chi connectivity index (χ4v) is 2.33. The molecule has 0 aliphatic rings. The quantitative estimate of drug-likeness (QED) is 0.385. The van der Waals surface area contributed by atoms with Crippen LogP contribution in [0.5, 0.6) is 11.5 Å². The summed E-state index contributed by atoms with van der Waals surface area (Å²) in [6.07, 6.45) is 3.99. The Bertz CT molecular complexity index is 844. The number of non-ortho nitro benzene ring substituents is 1. The van der Waals surface area contributed by atoms with Crippen molar-refractivity contribution in [1.82, 2.24) is 0 Å². The molecule has 0 unspecified atom stereocenters. The van der Waals surface area contributed by atoms with Crippen LogP contribution in [0.2, 0.25) is 0 Å². The van der Waals surface area contributed by atoms with Crippen molar-refractivity contribution < 1.29 is 19.2 Å². The maximum Gasteiger partial charge on any atom is 0.269 e. The number of nitrogens with one attached hydrogen (secondary N) is 1. The van der Waals surface area contributed by atoms with Crippen molar-refractivity contribution in [2.24, 2.45) is 5.92 Å². The third-order valence-electron chi connectivity index (χ3n) is 3.91. The van der Waals surface area contributed by atoms with E-state index in [-0.39, 0.29) is 11.6 Å². The Kier molecular flexibility index (Phi) is 7.56. The van der Waals surface area contributed by atoms with Crippen molar-refractivity contribution in [2.75, 3.05) is 19.0 Å². The second kappa shape index (κ2) is 10.1. The van der Waals surface area contributed by atoms with Gasteiger partial charge < -0.3 is 14.8 Å². The molecule has 0 bridgehead atoms. The van der Waals surface area contributed by atoms with Crippen molar-refractivity contribution >= 4 is 23.4 Å². The molecular formula is C21H24N2O5. The minimum atomic E-state index is -0.491. The third-order valence-corrected chi connectivity index (χ3v) is 3.91. The van der Waals surface area contributed by atoms with Gasteiger partial charge in [0.05, 0.1) is 18.6 Å². The van der Waals surface area contributed by atoms with Gasteiger partial charge in [-0.15, -0.1) is 0 Å². The number of carbonyl (C=O) groups excluding carboxylic acids is 1. The normalized spacial score (nSPS) is 10.9. The summed E-state index contributed by atoms with van der Waals surface area (Å²) in [7, 11) is 1.57. The average molecular weight is 384 g/mol. The van der Waals surface area contributed by atoms with Gasteiger partial charge in [0.2, 0.25) is 5.91 Å². The van der Waals surface area contributed by atoms with Crippen LogP contribution in [0.3, 0.4) is 0 Å². The topological polar surface area (TPSA) is 90.7 Å². The van der Waals surface area contributed by atoms with E-state index in [1.54, 1.807) is 19.3 Å². The third kappa shape index (κ3) is 6.42. The Morgan fingerprint density at radius 1 is 1.18 bits per heavy atom. The molecule has 28 heavy (non-hydrogen) atoms. The number of nitro benzene ring substituents is 1. The van der Waals surface area contributed by atoms with Crippen molar-refractivity contribution in [3.05, 3.63) is 64.2 Å². The molecule has 7 nitrogen and oxygen atoms in total. The zero-order valence-corrected chi connectivity index (χ0v) is 16.2. The van der Waals surface area contributed by atoms with Gasteiger partial charge in [0.1, 0.15) is 0 Å². The first-order chi connectivity index (χ1) is 13.4. The maximum absolute atomic E-state index is 12.0. The average Bonchev–Trinajstić information content (AvgIpc) is 2.67. The van der Waals surface area contributed by atoms with Crippen molar-refractivity contribution in [3.8, 4) is 11.5 Å². The van der Waals surface area contributed by atoms with Crippen molar-refractivity contribution in [2.45, 2.75) is 20.3 Å². The molecule has 1 amide bonds. The number of benzene rings is 2. The molecule has 0 heterocycles. The zero-order valence-electron chi connectivity index (χ0n) is 16.2. The number of nitro groups is 1. The maximum atomic E-state index is 12.0. The largest absolute Gasteiger partial charge is 0.493 e. The Morgan fingerprint density at radius 2 is 1.89 bits per heavy atom. The van der Waals surface area contributed by atoms with E-state index in [0.29, 0.717) is 29.7 Å². The molecule has 0 atom stereocenters. The van der Waals surface area contributed by atoms with Gasteiger partial charge in [-0.05, 0) is 48.2 Å². The first-order valence-electron chi connectivity index (χ1n) is 8.93. The number of hydrogen-bond donors (Lipinski definition) is 1. The van der Waals surface area contributed by atoms with E-state index in [2.05, 4.69) is 19.2 Å². The number of hydrogen-bond acceptors (Lipinski definition) is 5. The van der Waals surface area contributed by atoms with Gasteiger partial charge in [-0.2, -0.15) is 0 Å². The molecule has 0 radical (unpaired) electrons. The lowest BCUT2D eigenvalue weighted by Gasteiger charge is -2.12. The predicted molar refractivity (Wildman–Crippen MR) is 109 cm³/mol. The molecule has 2 aromatic rings. The second-order valence-electron chi connectivity index (χ2n) is 6.57. The van der Waals surface area contributed by atoms with Gasteiger partial charge in [-0.3, -0.25) is 14.9 Å². The molecule has 2 aromatic carbocycles. The minimum Gasteiger partial charge on any atom is -0.493 e. The molecule has 7 heteroatoms. The molecule has 1 N–H and O–H groups in total. The monoisotopic (exact) mass is 384 g/mol. The summed E-state index contributed by atoms with van der Waals surface area (Å²) in [5.41, 5.74) is 1.23. The number of ether oxygens (including phenoxy) is 2. The molecule has 2 rings (SSSR count). The highest BCUT2D eigenvalue weighted by atomic mass is 16.6. The molecule has 0 aliphatic heterocycles. The summed E-state index contributed by atoms with van der Waals surface area (Å²) in [6.45, 7) is 4.88. The lowest BCUT2D eigenvalue weighted by molar-refractivity contribution is -0.384. The van der Waals surface area contributed by atoms with Crippen LogP contribution in [0.1, 0.15) is 25.8 Å². The van der Waals surface area contributed by atoms with E-state index < -0.39 is 4.92 Å². The smallest absolute Gasteiger partial charge is 0.269 e. The summed E-state index contributed by atoms with van der Waals surface area (Å²) < 4.78 is 11.1. The first-order valence-corrected chi connectivity index (χ1v) is 8.93. The molecule has 0 aromatic heterocycles. The summed E-state index contributed by atoms with van der Waals surface area (Å²) in [4.78, 5) is 22.2. The van der Waals surface area contributed by atoms with Crippen LogP contribution in [0.25, 0.3) is 6.08 Å². The summed E-state index contributed by atoms with van der Waals surface area (Å²) in [5.74, 6) is 1.48. The summed E-state index contributed by atoms with van der Waals surface area (Å²) in [6, 6.07) is 11.1. The van der Waals surface area contributed by atoms with Gasteiger partial charge in [-0.1, -0.05) is 19.9 Å². The molecule has 0 saturated carbocycles. The van der Waals surface area contributed by atoms with Crippen LogP contribution in [-0.2, 0) is 4.79 Å². The fraction of sp³-hybridized carbons (Fsp3) is 0.286. The van der Waals surface area contributed by atoms with Gasteiger partial charge in [0.25, 0.3) is 5.69 Å². The lowest BCUT2D eigenvalue weighted by atomic mass is 10.1. The summed E-state index contributed by atoms with van der Waals surface area (Å²) >= 11 is 0. The van der Waals surface area contributed by atoms with Gasteiger partial charge in [0, 0.05) is 23.9 Å². The van der Waals surface area contributed by atoms with Crippen LogP contribution >= 0.6 is 0 Å². The predicted octanol–water partition coefficient (Wildman–Crippen LogP) is 4.68. The Balaban J connectivity index is 1.98. The van der Waals surface area contributed by atoms with E-state index in [4.69, 9.17) is 9.47 Å². The van der Waals surface area contributed by atoms with Gasteiger partial charge in [-0.25, -0.2) is 0 Å². The number of carbonyl (C=O) groups is 1. The van der Waals surface area contributed by atoms with Crippen molar-refractivity contribution in [1.29, 1.82) is 0 Å². The Hall–Kier alpha value is -3.35. The first kappa shape index (κ1) is 21.0. The summed E-state index contributed by atoms with van der Waals surface area (Å²) in [5, 5.41) is 13.3. The van der Waals surface area contributed by atoms with Crippen LogP contribution in [0.4, 0.5) is 11.4 Å². The molecule has 0 saturated heterocycles. The fourth-order valence-electron chi connectivity index (χ4n) is 2.33. The molecule has 0 fully saturated rings. The van der Waals surface area contributed by atoms with Crippen LogP contribution in [-0.4, -0.2) is 24.5 Å². The highest BCUT2D eigenvalue weighted by Gasteiger charge is 2.07. The number of methoxy groups -OCH3 is 1. The SMILES string of the molecule is COc1cc(/C=C/C(=O)Nc2ccc([N+](=O)[O-])cc2)ccc1OCCC(C)C. The molecule has 0 spiro atoms. The minimum absolute atomic E-state index is 0.0312. The van der Waals surface area contributed by atoms with E-state index in [9.17, 15) is 14.9 Å². The van der Waals surface area contributed by atoms with Crippen molar-refractivity contribution in [3.63, 3.8) is 0 Å². The number of anilines is 1. The highest BCUT2D eigenvalue weighted by molar-refractivity contribution is 6.02. The van der Waals surface area contributed by atoms with Gasteiger partial charge >= 0.3 is 0 Å². The van der Waals surface area contributed by atoms with E-state index in [1.165, 1.54) is 30.3 Å². The second-order valence-corrected chi connectivity index (χ2v) is 6.57. The Labute approximate surface area is 164 Å². The zero-order chi connectivity index (χ0) is 20.5. The Morgan fingerprint density at radius 3 is 2.50 bits per heavy atom. The van der Waals surface area contributed by atoms with Crippen LogP contribution in [0, 0.1) is 16.0 Å². The van der Waals surface area contributed by atoms with Crippen LogP contribution < -0.4 is 14.8 Å². The standard InChI is InChI=1S/C21H24N2O5/c1-15(2)12-13-28-19-10-4-16(14-20(19)27-3)5-11-21(24)22-17-6-8-18(9-7-17)23(25)26/h4-11,14-15H,12-13H2,1-3H3,(H,22,24)/b11-5+. The number of rotatable bonds is 9. The highest BCUT2D eigenvalue weighted by Crippen LogP contribution is 2.29. The van der Waals surface area contributed by atoms with Crippen LogP contribution in [0.15, 0.2) is 48.5 Å². The van der Waals surface area contributed by atoms with E-state index in [0.717, 1.165) is 12.0 Å².